The van der Waals surface area contributed by atoms with Gasteiger partial charge >= 0.3 is 0 Å². The maximum atomic E-state index is 5.23. The van der Waals surface area contributed by atoms with Crippen LogP contribution in [0.15, 0.2) is 71.1 Å². The highest BCUT2D eigenvalue weighted by molar-refractivity contribution is 6.11. The quantitative estimate of drug-likeness (QED) is 0.355. The van der Waals surface area contributed by atoms with Gasteiger partial charge in [0.2, 0.25) is 0 Å². The Labute approximate surface area is 105 Å². The largest absolute Gasteiger partial charge is 0.462 e. The number of hydrogen-bond donors (Lipinski definition) is 0. The summed E-state index contributed by atoms with van der Waals surface area (Å²) in [4.78, 5) is 4.80. The molecule has 1 aromatic heterocycles. The van der Waals surface area contributed by atoms with Crippen LogP contribution in [0.2, 0.25) is 0 Å². The van der Waals surface area contributed by atoms with E-state index in [9.17, 15) is 0 Å². The van der Waals surface area contributed by atoms with Gasteiger partial charge in [-0.15, -0.1) is 0 Å². The number of rotatable bonds is 3. The molecule has 0 unspecified atom stereocenters. The van der Waals surface area contributed by atoms with Crippen molar-refractivity contribution in [2.75, 3.05) is 0 Å². The molecular weight excluding hydrogens is 226 g/mol. The minimum atomic E-state index is 0.420. The Morgan fingerprint density at radius 1 is 1.22 bits per heavy atom. The predicted octanol–water partition coefficient (Wildman–Crippen LogP) is 3.20. The van der Waals surface area contributed by atoms with E-state index in [2.05, 4.69) is 23.6 Å². The van der Waals surface area contributed by atoms with Crippen LogP contribution >= 0.6 is 0 Å². The molecule has 3 heteroatoms. The van der Waals surface area contributed by atoms with Crippen molar-refractivity contribution >= 4 is 5.71 Å². The van der Waals surface area contributed by atoms with E-state index in [4.69, 9.17) is 9.25 Å². The van der Waals surface area contributed by atoms with Gasteiger partial charge in [-0.2, -0.15) is 0 Å². The van der Waals surface area contributed by atoms with Crippen molar-refractivity contribution in [2.45, 2.75) is 0 Å². The average molecular weight is 237 g/mol. The van der Waals surface area contributed by atoms with Crippen molar-refractivity contribution < 1.29 is 9.25 Å². The van der Waals surface area contributed by atoms with E-state index in [-0.39, 0.29) is 0 Å². The molecule has 0 aliphatic heterocycles. The van der Waals surface area contributed by atoms with Gasteiger partial charge in [0.15, 0.2) is 11.5 Å². The Kier molecular flexibility index (Phi) is 3.99. The van der Waals surface area contributed by atoms with Crippen molar-refractivity contribution in [3.05, 3.63) is 72.9 Å². The molecule has 0 fully saturated rings. The van der Waals surface area contributed by atoms with Crippen LogP contribution in [0.4, 0.5) is 0 Å². The van der Waals surface area contributed by atoms with Gasteiger partial charge in [-0.3, -0.25) is 0 Å². The average Bonchev–Trinajstić information content (AvgIpc) is 2.94. The Morgan fingerprint density at radius 3 is 2.72 bits per heavy atom. The zero-order valence-corrected chi connectivity index (χ0v) is 9.67. The molecule has 88 valence electrons. The molecule has 2 aromatic rings. The molecule has 0 amide bonds. The number of nitrogens with zero attached hydrogens (tertiary/aromatic N) is 1. The first-order chi connectivity index (χ1) is 8.90. The molecule has 0 saturated carbocycles. The number of benzene rings is 1. The predicted molar refractivity (Wildman–Crippen MR) is 69.8 cm³/mol. The third-order valence-corrected chi connectivity index (χ3v) is 2.07. The summed E-state index contributed by atoms with van der Waals surface area (Å²) in [6.07, 6.45) is 2.79. The fourth-order valence-corrected chi connectivity index (χ4v) is 1.29. The molecule has 0 saturated heterocycles. The molecule has 18 heavy (non-hydrogen) atoms. The first-order valence-corrected chi connectivity index (χ1v) is 5.36. The van der Waals surface area contributed by atoms with Gasteiger partial charge in [0, 0.05) is 5.56 Å². The lowest BCUT2D eigenvalue weighted by Gasteiger charge is -1.93. The van der Waals surface area contributed by atoms with Crippen LogP contribution in [0, 0.1) is 11.8 Å². The van der Waals surface area contributed by atoms with Crippen LogP contribution in [0.3, 0.4) is 0 Å². The first-order valence-electron chi connectivity index (χ1n) is 5.36. The smallest absolute Gasteiger partial charge is 0.196 e. The maximum Gasteiger partial charge on any atom is 0.196 e. The second-order valence-electron chi connectivity index (χ2n) is 3.31. The normalized spacial score (nSPS) is 10.3. The van der Waals surface area contributed by atoms with Crippen molar-refractivity contribution in [3.63, 3.8) is 0 Å². The Morgan fingerprint density at radius 2 is 2.06 bits per heavy atom. The summed E-state index contributed by atoms with van der Waals surface area (Å²) >= 11 is 0. The highest BCUT2D eigenvalue weighted by Crippen LogP contribution is 2.03. The summed E-state index contributed by atoms with van der Waals surface area (Å²) in [6.45, 7) is 3.42. The summed E-state index contributed by atoms with van der Waals surface area (Å²) in [6, 6.07) is 13.2. The van der Waals surface area contributed by atoms with Crippen LogP contribution in [0.1, 0.15) is 11.3 Å². The van der Waals surface area contributed by atoms with Gasteiger partial charge in [0.1, 0.15) is 6.26 Å². The van der Waals surface area contributed by atoms with Gasteiger partial charge in [0.25, 0.3) is 0 Å². The van der Waals surface area contributed by atoms with Crippen LogP contribution in [-0.4, -0.2) is 5.71 Å². The van der Waals surface area contributed by atoms with E-state index in [1.165, 1.54) is 6.26 Å². The van der Waals surface area contributed by atoms with Gasteiger partial charge in [-0.25, -0.2) is 0 Å². The second-order valence-corrected chi connectivity index (χ2v) is 3.31. The van der Waals surface area contributed by atoms with Gasteiger partial charge < -0.3 is 9.25 Å². The standard InChI is InChI=1S/C15H11NO2/c1-2-18-16-14(15-9-6-12-17-15)11-10-13-7-4-3-5-8-13/h2-9,12H,1H2/b16-14-. The van der Waals surface area contributed by atoms with Crippen molar-refractivity contribution in [2.24, 2.45) is 5.16 Å². The number of oxime groups is 1. The highest BCUT2D eigenvalue weighted by atomic mass is 16.6. The zero-order chi connectivity index (χ0) is 12.6. The zero-order valence-electron chi connectivity index (χ0n) is 9.67. The lowest BCUT2D eigenvalue weighted by atomic mass is 10.2. The second kappa shape index (κ2) is 6.12. The van der Waals surface area contributed by atoms with Gasteiger partial charge in [-0.1, -0.05) is 35.9 Å². The third-order valence-electron chi connectivity index (χ3n) is 2.07. The lowest BCUT2D eigenvalue weighted by Crippen LogP contribution is -1.95. The molecule has 1 heterocycles. The Balaban J connectivity index is 2.27. The van der Waals surface area contributed by atoms with Gasteiger partial charge in [-0.05, 0) is 30.2 Å². The van der Waals surface area contributed by atoms with Crippen LogP contribution in [0.5, 0.6) is 0 Å². The minimum absolute atomic E-state index is 0.420. The van der Waals surface area contributed by atoms with Crippen molar-refractivity contribution in [1.82, 2.24) is 0 Å². The first kappa shape index (κ1) is 11.7. The topological polar surface area (TPSA) is 34.7 Å². The fraction of sp³-hybridized carbons (Fsp3) is 0. The van der Waals surface area contributed by atoms with E-state index in [0.29, 0.717) is 11.5 Å². The summed E-state index contributed by atoms with van der Waals surface area (Å²) in [7, 11) is 0. The molecular formula is C15H11NO2. The third kappa shape index (κ3) is 3.13. The summed E-state index contributed by atoms with van der Waals surface area (Å²) < 4.78 is 5.23. The lowest BCUT2D eigenvalue weighted by molar-refractivity contribution is 0.270. The van der Waals surface area contributed by atoms with Gasteiger partial charge in [0.05, 0.1) is 6.26 Å². The van der Waals surface area contributed by atoms with E-state index >= 15 is 0 Å². The monoisotopic (exact) mass is 237 g/mol. The van der Waals surface area contributed by atoms with Crippen molar-refractivity contribution in [1.29, 1.82) is 0 Å². The van der Waals surface area contributed by atoms with Crippen LogP contribution < -0.4 is 0 Å². The van der Waals surface area contributed by atoms with E-state index in [0.717, 1.165) is 5.56 Å². The molecule has 0 aliphatic rings. The van der Waals surface area contributed by atoms with E-state index in [1.807, 2.05) is 30.3 Å². The molecule has 3 nitrogen and oxygen atoms in total. The molecule has 1 aromatic carbocycles. The van der Waals surface area contributed by atoms with Crippen molar-refractivity contribution in [3.8, 4) is 11.8 Å². The highest BCUT2D eigenvalue weighted by Gasteiger charge is 2.03. The molecule has 0 atom stereocenters. The summed E-state index contributed by atoms with van der Waals surface area (Å²) in [5, 5.41) is 3.83. The molecule has 2 rings (SSSR count). The fourth-order valence-electron chi connectivity index (χ4n) is 1.29. The molecule has 0 N–H and O–H groups in total. The SMILES string of the molecule is C=CO/N=C(/C#Cc1ccccc1)c1ccco1. The molecule has 0 aliphatic carbocycles. The summed E-state index contributed by atoms with van der Waals surface area (Å²) in [5.41, 5.74) is 1.32. The number of furan rings is 1. The van der Waals surface area contributed by atoms with Crippen LogP contribution in [-0.2, 0) is 4.84 Å². The van der Waals surface area contributed by atoms with Crippen LogP contribution in [0.25, 0.3) is 0 Å². The minimum Gasteiger partial charge on any atom is -0.462 e. The molecule has 0 bridgehead atoms. The maximum absolute atomic E-state index is 5.23. The summed E-state index contributed by atoms with van der Waals surface area (Å²) in [5.74, 6) is 6.45. The van der Waals surface area contributed by atoms with E-state index in [1.54, 1.807) is 18.4 Å². The molecule has 0 radical (unpaired) electrons. The number of hydrogen-bond acceptors (Lipinski definition) is 3. The molecule has 0 spiro atoms. The Bertz CT molecular complexity index is 586. The Hall–Kier alpha value is -2.73. The van der Waals surface area contributed by atoms with E-state index < -0.39 is 0 Å².